The molecule has 1 aromatic rings. The van der Waals surface area contributed by atoms with Gasteiger partial charge in [0.2, 0.25) is 11.8 Å². The summed E-state index contributed by atoms with van der Waals surface area (Å²) in [5.74, 6) is -0.396. The van der Waals surface area contributed by atoms with E-state index in [1.165, 1.54) is 0 Å². The molecule has 4 unspecified atom stereocenters. The molecule has 1 saturated carbocycles. The fourth-order valence-electron chi connectivity index (χ4n) is 3.83. The largest absolute Gasteiger partial charge is 0.444 e. The van der Waals surface area contributed by atoms with E-state index in [4.69, 9.17) is 4.74 Å². The number of hydrogen-bond donors (Lipinski definition) is 2. The first kappa shape index (κ1) is 26.7. The van der Waals surface area contributed by atoms with Crippen molar-refractivity contribution in [3.8, 4) is 0 Å². The summed E-state index contributed by atoms with van der Waals surface area (Å²) in [5.41, 5.74) is 1.15. The molecule has 1 aliphatic carbocycles. The third-order valence-corrected chi connectivity index (χ3v) is 5.63. The lowest BCUT2D eigenvalue weighted by Gasteiger charge is -2.36. The molecule has 0 radical (unpaired) electrons. The van der Waals surface area contributed by atoms with Gasteiger partial charge < -0.3 is 20.3 Å². The van der Waals surface area contributed by atoms with Crippen LogP contribution in [0.2, 0.25) is 0 Å². The van der Waals surface area contributed by atoms with Gasteiger partial charge in [-0.1, -0.05) is 50.6 Å². The zero-order valence-electron chi connectivity index (χ0n) is 21.6. The molecule has 2 rings (SSSR count). The van der Waals surface area contributed by atoms with E-state index >= 15 is 0 Å². The van der Waals surface area contributed by atoms with Crippen LogP contribution in [0, 0.1) is 18.8 Å². The fraction of sp³-hybridized carbons (Fsp3) is 0.654. The third kappa shape index (κ3) is 7.47. The van der Waals surface area contributed by atoms with Crippen LogP contribution >= 0.6 is 0 Å². The van der Waals surface area contributed by atoms with Crippen molar-refractivity contribution in [3.63, 3.8) is 0 Å². The highest BCUT2D eigenvalue weighted by atomic mass is 16.6. The lowest BCUT2D eigenvalue weighted by atomic mass is 9.97. The van der Waals surface area contributed by atoms with E-state index in [2.05, 4.69) is 17.6 Å². The van der Waals surface area contributed by atoms with E-state index in [1.54, 1.807) is 25.7 Å². The number of rotatable bonds is 8. The third-order valence-electron chi connectivity index (χ3n) is 5.63. The highest BCUT2D eigenvalue weighted by Crippen LogP contribution is 2.41. The second-order valence-electron chi connectivity index (χ2n) is 10.9. The average molecular weight is 460 g/mol. The Morgan fingerprint density at radius 2 is 1.58 bits per heavy atom. The number of benzene rings is 1. The summed E-state index contributed by atoms with van der Waals surface area (Å²) in [6.45, 7) is 16.9. The van der Waals surface area contributed by atoms with Gasteiger partial charge in [-0.05, 0) is 65.4 Å². The van der Waals surface area contributed by atoms with Crippen molar-refractivity contribution in [2.45, 2.75) is 98.5 Å². The van der Waals surface area contributed by atoms with Gasteiger partial charge in [-0.25, -0.2) is 4.79 Å². The molecule has 0 spiro atoms. The van der Waals surface area contributed by atoms with E-state index in [0.29, 0.717) is 0 Å². The molecule has 33 heavy (non-hydrogen) atoms. The molecule has 184 valence electrons. The number of ether oxygens (including phenoxy) is 1. The number of amides is 3. The Morgan fingerprint density at radius 3 is 2.00 bits per heavy atom. The predicted octanol–water partition coefficient (Wildman–Crippen LogP) is 4.35. The number of nitrogens with one attached hydrogen (secondary N) is 2. The molecule has 0 bridgehead atoms. The summed E-state index contributed by atoms with van der Waals surface area (Å²) < 4.78 is 5.40. The molecular weight excluding hydrogens is 418 g/mol. The van der Waals surface area contributed by atoms with Crippen molar-refractivity contribution < 1.29 is 19.1 Å². The van der Waals surface area contributed by atoms with Gasteiger partial charge in [-0.3, -0.25) is 9.59 Å². The Kier molecular flexibility index (Phi) is 8.55. The molecule has 1 fully saturated rings. The summed E-state index contributed by atoms with van der Waals surface area (Å²) in [7, 11) is 0. The molecule has 7 nitrogen and oxygen atoms in total. The molecule has 3 amide bonds. The van der Waals surface area contributed by atoms with Crippen LogP contribution in [0.3, 0.4) is 0 Å². The topological polar surface area (TPSA) is 87.7 Å². The summed E-state index contributed by atoms with van der Waals surface area (Å²) in [4.78, 5) is 41.6. The minimum absolute atomic E-state index is 0.0663. The van der Waals surface area contributed by atoms with Crippen molar-refractivity contribution in [1.29, 1.82) is 0 Å². The molecule has 1 aliphatic rings. The van der Waals surface area contributed by atoms with Crippen LogP contribution in [0.25, 0.3) is 0 Å². The highest BCUT2D eigenvalue weighted by molar-refractivity contribution is 5.92. The minimum Gasteiger partial charge on any atom is -0.444 e. The van der Waals surface area contributed by atoms with Crippen LogP contribution in [0.15, 0.2) is 24.3 Å². The number of carbonyl (C=O) groups is 3. The van der Waals surface area contributed by atoms with Crippen molar-refractivity contribution in [2.24, 2.45) is 11.8 Å². The van der Waals surface area contributed by atoms with Crippen LogP contribution in [0.1, 0.15) is 79.0 Å². The van der Waals surface area contributed by atoms with Gasteiger partial charge in [0.05, 0.1) is 0 Å². The van der Waals surface area contributed by atoms with E-state index in [-0.39, 0.29) is 35.7 Å². The Bertz CT molecular complexity index is 842. The monoisotopic (exact) mass is 459 g/mol. The molecule has 2 N–H and O–H groups in total. The van der Waals surface area contributed by atoms with Gasteiger partial charge in [-0.2, -0.15) is 0 Å². The van der Waals surface area contributed by atoms with Crippen LogP contribution in [0.4, 0.5) is 4.79 Å². The summed E-state index contributed by atoms with van der Waals surface area (Å²) >= 11 is 0. The molecule has 1 aromatic carbocycles. The predicted molar refractivity (Wildman–Crippen MR) is 130 cm³/mol. The SMILES string of the molecule is Cc1ccc(C(C(=O)NC(C)C)N(C(=O)C(NC(=O)OC(C)(C)C)C(C)C)C2CC2C)cc1. The van der Waals surface area contributed by atoms with Crippen LogP contribution in [-0.4, -0.2) is 46.5 Å². The van der Waals surface area contributed by atoms with Gasteiger partial charge >= 0.3 is 6.09 Å². The maximum absolute atomic E-state index is 14.0. The van der Waals surface area contributed by atoms with E-state index in [0.717, 1.165) is 17.5 Å². The quantitative estimate of drug-likeness (QED) is 0.605. The van der Waals surface area contributed by atoms with Crippen LogP contribution in [-0.2, 0) is 14.3 Å². The second kappa shape index (κ2) is 10.6. The lowest BCUT2D eigenvalue weighted by molar-refractivity contribution is -0.144. The molecule has 0 aromatic heterocycles. The minimum atomic E-state index is -0.813. The lowest BCUT2D eigenvalue weighted by Crippen LogP contribution is -2.56. The summed E-state index contributed by atoms with van der Waals surface area (Å²) in [5, 5.41) is 5.75. The average Bonchev–Trinajstić information content (AvgIpc) is 3.38. The maximum atomic E-state index is 14.0. The van der Waals surface area contributed by atoms with Crippen molar-refractivity contribution in [1.82, 2.24) is 15.5 Å². The first-order valence-electron chi connectivity index (χ1n) is 11.9. The number of alkyl carbamates (subject to hydrolysis) is 1. The fourth-order valence-corrected chi connectivity index (χ4v) is 3.83. The van der Waals surface area contributed by atoms with Gasteiger partial charge in [0.15, 0.2) is 0 Å². The van der Waals surface area contributed by atoms with Crippen molar-refractivity contribution in [3.05, 3.63) is 35.4 Å². The molecule has 0 heterocycles. The Labute approximate surface area is 198 Å². The number of hydrogen-bond acceptors (Lipinski definition) is 4. The van der Waals surface area contributed by atoms with E-state index < -0.39 is 23.8 Å². The molecule has 4 atom stereocenters. The zero-order valence-corrected chi connectivity index (χ0v) is 21.6. The molecular formula is C26H41N3O4. The number of carbonyl (C=O) groups excluding carboxylic acids is 3. The maximum Gasteiger partial charge on any atom is 0.408 e. The van der Waals surface area contributed by atoms with Crippen LogP contribution < -0.4 is 10.6 Å². The standard InChI is InChI=1S/C26H41N3O4/c1-15(2)21(28-25(32)33-26(7,8)9)24(31)29(20-14-18(20)6)22(23(30)27-16(3)4)19-12-10-17(5)11-13-19/h10-13,15-16,18,20-22H,14H2,1-9H3,(H,27,30)(H,28,32). The molecule has 7 heteroatoms. The first-order valence-corrected chi connectivity index (χ1v) is 11.9. The van der Waals surface area contributed by atoms with Gasteiger partial charge in [-0.15, -0.1) is 0 Å². The van der Waals surface area contributed by atoms with Gasteiger partial charge in [0, 0.05) is 12.1 Å². The highest BCUT2D eigenvalue weighted by Gasteiger charge is 2.48. The first-order chi connectivity index (χ1) is 15.2. The van der Waals surface area contributed by atoms with Gasteiger partial charge in [0.25, 0.3) is 0 Å². The van der Waals surface area contributed by atoms with Gasteiger partial charge in [0.1, 0.15) is 17.7 Å². The zero-order chi connectivity index (χ0) is 25.1. The van der Waals surface area contributed by atoms with Crippen LogP contribution in [0.5, 0.6) is 0 Å². The smallest absolute Gasteiger partial charge is 0.408 e. The van der Waals surface area contributed by atoms with E-state index in [9.17, 15) is 14.4 Å². The van der Waals surface area contributed by atoms with Crippen molar-refractivity contribution in [2.75, 3.05) is 0 Å². The summed E-state index contributed by atoms with van der Waals surface area (Å²) in [6.07, 6.45) is 0.178. The number of aryl methyl sites for hydroxylation is 1. The second-order valence-corrected chi connectivity index (χ2v) is 10.9. The van der Waals surface area contributed by atoms with E-state index in [1.807, 2.05) is 58.9 Å². The summed E-state index contributed by atoms with van der Waals surface area (Å²) in [6, 6.07) is 5.97. The Balaban J connectivity index is 2.45. The molecule has 0 saturated heterocycles. The number of nitrogens with zero attached hydrogens (tertiary/aromatic N) is 1. The Morgan fingerprint density at radius 1 is 1.03 bits per heavy atom. The van der Waals surface area contributed by atoms with Crippen molar-refractivity contribution >= 4 is 17.9 Å². The molecule has 0 aliphatic heterocycles. The normalized spacial score (nSPS) is 19.6. The Hall–Kier alpha value is -2.57.